The number of nitrogens with zero attached hydrogens (tertiary/aromatic N) is 1. The van der Waals surface area contributed by atoms with Crippen LogP contribution in [-0.4, -0.2) is 37.8 Å². The predicted octanol–water partition coefficient (Wildman–Crippen LogP) is 4.90. The van der Waals surface area contributed by atoms with Crippen molar-refractivity contribution in [3.8, 4) is 22.1 Å². The van der Waals surface area contributed by atoms with Crippen molar-refractivity contribution >= 4 is 40.8 Å². The highest BCUT2D eigenvalue weighted by Crippen LogP contribution is 2.37. The molecule has 4 rings (SSSR count). The molecule has 1 aliphatic heterocycles. The van der Waals surface area contributed by atoms with Crippen LogP contribution in [-0.2, 0) is 4.74 Å². The second kappa shape index (κ2) is 9.46. The topological polar surface area (TPSA) is 98.8 Å². The van der Waals surface area contributed by atoms with Crippen molar-refractivity contribution in [1.82, 2.24) is 10.3 Å². The van der Waals surface area contributed by atoms with Gasteiger partial charge in [0, 0.05) is 22.9 Å². The fourth-order valence-corrected chi connectivity index (χ4v) is 4.40. The second-order valence-corrected chi connectivity index (χ2v) is 8.16. The monoisotopic (exact) mass is 473 g/mol. The van der Waals surface area contributed by atoms with E-state index in [0.717, 1.165) is 11.1 Å². The van der Waals surface area contributed by atoms with Gasteiger partial charge >= 0.3 is 12.0 Å². The van der Waals surface area contributed by atoms with E-state index in [1.54, 1.807) is 29.6 Å². The molecule has 0 fully saturated rings. The van der Waals surface area contributed by atoms with E-state index in [0.29, 0.717) is 45.9 Å². The van der Waals surface area contributed by atoms with Gasteiger partial charge in [0.2, 0.25) is 0 Å². The quantitative estimate of drug-likeness (QED) is 0.511. The zero-order valence-electron chi connectivity index (χ0n) is 17.3. The van der Waals surface area contributed by atoms with Crippen LogP contribution in [0.2, 0.25) is 5.02 Å². The van der Waals surface area contributed by atoms with E-state index in [4.69, 9.17) is 25.8 Å². The maximum atomic E-state index is 12.6. The maximum Gasteiger partial charge on any atom is 0.341 e. The van der Waals surface area contributed by atoms with Gasteiger partial charge in [-0.1, -0.05) is 29.8 Å². The first-order valence-electron chi connectivity index (χ1n) is 9.71. The largest absolute Gasteiger partial charge is 0.496 e. The number of benzene rings is 2. The van der Waals surface area contributed by atoms with Crippen LogP contribution in [0.5, 0.6) is 11.5 Å². The number of urea groups is 1. The number of nitrogens with one attached hydrogen (secondary N) is 2. The Morgan fingerprint density at radius 3 is 2.88 bits per heavy atom. The number of carbonyl (C=O) groups is 2. The molecule has 0 aliphatic carbocycles. The van der Waals surface area contributed by atoms with Crippen molar-refractivity contribution < 1.29 is 23.8 Å². The van der Waals surface area contributed by atoms with Gasteiger partial charge in [-0.05, 0) is 18.2 Å². The molecule has 2 aromatic carbocycles. The summed E-state index contributed by atoms with van der Waals surface area (Å²) >= 11 is 7.55. The molecule has 0 spiro atoms. The maximum absolute atomic E-state index is 12.6. The number of rotatable bonds is 5. The lowest BCUT2D eigenvalue weighted by molar-refractivity contribution is 0.0597. The molecule has 1 atom stereocenters. The van der Waals surface area contributed by atoms with Crippen LogP contribution < -0.4 is 20.1 Å². The number of aromatic nitrogens is 1. The zero-order chi connectivity index (χ0) is 22.7. The van der Waals surface area contributed by atoms with E-state index in [2.05, 4.69) is 15.6 Å². The van der Waals surface area contributed by atoms with Gasteiger partial charge in [-0.2, -0.15) is 0 Å². The summed E-state index contributed by atoms with van der Waals surface area (Å²) in [6.07, 6.45) is 0.634. The van der Waals surface area contributed by atoms with Crippen LogP contribution in [0.1, 0.15) is 28.4 Å². The van der Waals surface area contributed by atoms with Crippen LogP contribution in [0.25, 0.3) is 10.6 Å². The average Bonchev–Trinajstić information content (AvgIpc) is 3.27. The molecule has 0 saturated heterocycles. The standard InChI is InChI=1S/C22H20ClN3O5S/c1-29-17-10-12(6-7-14(17)21(27)30-2)20-25-18(11-32-20)26-22(28)24-16-8-9-31-19-13(16)4-3-5-15(19)23/h3-7,10-11,16H,8-9H2,1-2H3,(H2,24,26,28)/t16-/m0/s1. The van der Waals surface area contributed by atoms with E-state index in [1.165, 1.54) is 25.6 Å². The molecule has 166 valence electrons. The van der Waals surface area contributed by atoms with Gasteiger partial charge in [-0.25, -0.2) is 14.6 Å². The lowest BCUT2D eigenvalue weighted by Gasteiger charge is -2.27. The number of halogens is 1. The molecule has 1 aliphatic rings. The van der Waals surface area contributed by atoms with Crippen molar-refractivity contribution in [2.45, 2.75) is 12.5 Å². The third-order valence-electron chi connectivity index (χ3n) is 4.93. The summed E-state index contributed by atoms with van der Waals surface area (Å²) < 4.78 is 15.7. The van der Waals surface area contributed by atoms with Gasteiger partial charge in [-0.15, -0.1) is 11.3 Å². The smallest absolute Gasteiger partial charge is 0.341 e. The fourth-order valence-electron chi connectivity index (χ4n) is 3.41. The Hall–Kier alpha value is -3.30. The first-order valence-corrected chi connectivity index (χ1v) is 11.0. The number of ether oxygens (including phenoxy) is 3. The molecule has 0 bridgehead atoms. The summed E-state index contributed by atoms with van der Waals surface area (Å²) in [4.78, 5) is 28.9. The second-order valence-electron chi connectivity index (χ2n) is 6.89. The lowest BCUT2D eigenvalue weighted by Crippen LogP contribution is -2.35. The minimum absolute atomic E-state index is 0.217. The van der Waals surface area contributed by atoms with Gasteiger partial charge in [0.15, 0.2) is 0 Å². The van der Waals surface area contributed by atoms with Crippen LogP contribution in [0.15, 0.2) is 41.8 Å². The SMILES string of the molecule is COC(=O)c1ccc(-c2nc(NC(=O)N[C@H]3CCOc4c(Cl)cccc43)cs2)cc1OC. The van der Waals surface area contributed by atoms with Crippen LogP contribution in [0, 0.1) is 0 Å². The number of thiazole rings is 1. The van der Waals surface area contributed by atoms with Crippen LogP contribution in [0.4, 0.5) is 10.6 Å². The van der Waals surface area contributed by atoms with Crippen molar-refractivity contribution in [2.75, 3.05) is 26.1 Å². The highest BCUT2D eigenvalue weighted by molar-refractivity contribution is 7.13. The van der Waals surface area contributed by atoms with Gasteiger partial charge in [-0.3, -0.25) is 5.32 Å². The van der Waals surface area contributed by atoms with E-state index < -0.39 is 5.97 Å². The lowest BCUT2D eigenvalue weighted by atomic mass is 10.0. The highest BCUT2D eigenvalue weighted by Gasteiger charge is 2.25. The minimum atomic E-state index is -0.484. The molecule has 2 heterocycles. The molecule has 0 saturated carbocycles. The Labute approximate surface area is 193 Å². The summed E-state index contributed by atoms with van der Waals surface area (Å²) in [6.45, 7) is 0.464. The fraction of sp³-hybridized carbons (Fsp3) is 0.227. The number of hydrogen-bond acceptors (Lipinski definition) is 7. The molecule has 1 aromatic heterocycles. The number of fused-ring (bicyclic) bond motifs is 1. The van der Waals surface area contributed by atoms with Crippen LogP contribution in [0.3, 0.4) is 0 Å². The molecular weight excluding hydrogens is 454 g/mol. The first kappa shape index (κ1) is 21.9. The van der Waals surface area contributed by atoms with Crippen molar-refractivity contribution in [3.05, 3.63) is 57.9 Å². The number of hydrogen-bond donors (Lipinski definition) is 2. The van der Waals surface area contributed by atoms with Crippen LogP contribution >= 0.6 is 22.9 Å². The predicted molar refractivity (Wildman–Crippen MR) is 122 cm³/mol. The molecule has 2 N–H and O–H groups in total. The van der Waals surface area contributed by atoms with Gasteiger partial charge in [0.25, 0.3) is 0 Å². The molecule has 32 heavy (non-hydrogen) atoms. The zero-order valence-corrected chi connectivity index (χ0v) is 18.9. The van der Waals surface area contributed by atoms with E-state index in [-0.39, 0.29) is 12.1 Å². The van der Waals surface area contributed by atoms with Crippen molar-refractivity contribution in [2.24, 2.45) is 0 Å². The van der Waals surface area contributed by atoms with Crippen molar-refractivity contribution in [3.63, 3.8) is 0 Å². The highest BCUT2D eigenvalue weighted by atomic mass is 35.5. The number of methoxy groups -OCH3 is 2. The molecule has 0 radical (unpaired) electrons. The number of carbonyl (C=O) groups excluding carboxylic acids is 2. The average molecular weight is 474 g/mol. The summed E-state index contributed by atoms with van der Waals surface area (Å²) in [7, 11) is 2.79. The summed E-state index contributed by atoms with van der Waals surface area (Å²) in [5, 5.41) is 8.64. The summed E-state index contributed by atoms with van der Waals surface area (Å²) in [5.41, 5.74) is 1.92. The summed E-state index contributed by atoms with van der Waals surface area (Å²) in [5.74, 6) is 0.916. The number of para-hydroxylation sites is 1. The first-order chi connectivity index (χ1) is 15.5. The van der Waals surface area contributed by atoms with E-state index >= 15 is 0 Å². The molecule has 10 heteroatoms. The Kier molecular flexibility index (Phi) is 6.48. The van der Waals surface area contributed by atoms with Gasteiger partial charge in [0.05, 0.1) is 31.9 Å². The summed E-state index contributed by atoms with van der Waals surface area (Å²) in [6, 6.07) is 9.95. The molecule has 3 aromatic rings. The number of anilines is 1. The molecule has 2 amide bonds. The third-order valence-corrected chi connectivity index (χ3v) is 6.12. The number of esters is 1. The molecule has 8 nitrogen and oxygen atoms in total. The van der Waals surface area contributed by atoms with E-state index in [1.807, 2.05) is 12.1 Å². The Balaban J connectivity index is 1.46. The van der Waals surface area contributed by atoms with Gasteiger partial charge < -0.3 is 19.5 Å². The van der Waals surface area contributed by atoms with Gasteiger partial charge in [0.1, 0.15) is 27.9 Å². The van der Waals surface area contributed by atoms with E-state index in [9.17, 15) is 9.59 Å². The molecular formula is C22H20ClN3O5S. The minimum Gasteiger partial charge on any atom is -0.496 e. The Bertz CT molecular complexity index is 1170. The van der Waals surface area contributed by atoms with Crippen molar-refractivity contribution in [1.29, 1.82) is 0 Å². The number of amides is 2. The Morgan fingerprint density at radius 2 is 2.09 bits per heavy atom. The Morgan fingerprint density at radius 1 is 1.25 bits per heavy atom. The third kappa shape index (κ3) is 4.49. The normalized spacial score (nSPS) is 14.7. The molecule has 0 unspecified atom stereocenters.